The second kappa shape index (κ2) is 11.2. The van der Waals surface area contributed by atoms with Gasteiger partial charge in [0.1, 0.15) is 5.75 Å². The van der Waals surface area contributed by atoms with Crippen LogP contribution in [0.25, 0.3) is 0 Å². The lowest BCUT2D eigenvalue weighted by atomic mass is 10.2. The highest BCUT2D eigenvalue weighted by atomic mass is 79.9. The lowest BCUT2D eigenvalue weighted by Gasteiger charge is -2.10. The second-order valence-corrected chi connectivity index (χ2v) is 7.31. The van der Waals surface area contributed by atoms with Crippen molar-refractivity contribution in [3.05, 3.63) is 58.1 Å². The smallest absolute Gasteiger partial charge is 0.276 e. The first-order valence-corrected chi connectivity index (χ1v) is 10.1. The highest BCUT2D eigenvalue weighted by Crippen LogP contribution is 2.25. The van der Waals surface area contributed by atoms with E-state index in [2.05, 4.69) is 32.1 Å². The minimum Gasteiger partial charge on any atom is -0.483 e. The van der Waals surface area contributed by atoms with Crippen LogP contribution < -0.4 is 20.9 Å². The Morgan fingerprint density at radius 2 is 1.72 bits per heavy atom. The quantitative estimate of drug-likeness (QED) is 0.521. The molecule has 3 amide bonds. The molecule has 0 atom stereocenters. The third kappa shape index (κ3) is 7.57. The van der Waals surface area contributed by atoms with Gasteiger partial charge in [-0.15, -0.1) is 0 Å². The number of ether oxygens (including phenoxy) is 1. The van der Waals surface area contributed by atoms with E-state index in [-0.39, 0.29) is 12.5 Å². The number of amides is 3. The molecule has 0 aliphatic heterocycles. The van der Waals surface area contributed by atoms with E-state index in [4.69, 9.17) is 4.74 Å². The SMILES string of the molecule is CCCCC(=O)Nc1ccc(C(=O)NNC(=O)COc2ccc(C)cc2Br)cc1. The maximum absolute atomic E-state index is 12.1. The molecule has 7 nitrogen and oxygen atoms in total. The number of halogens is 1. The van der Waals surface area contributed by atoms with Gasteiger partial charge in [0.25, 0.3) is 11.8 Å². The standard InChI is InChI=1S/C21H24BrN3O4/c1-3-4-5-19(26)23-16-9-7-15(8-10-16)21(28)25-24-20(27)13-29-18-11-6-14(2)12-17(18)22/h6-12H,3-5,13H2,1-2H3,(H,23,26)(H,24,27)(H,25,28). The molecule has 2 aromatic rings. The van der Waals surface area contributed by atoms with E-state index in [9.17, 15) is 14.4 Å². The fraction of sp³-hybridized carbons (Fsp3) is 0.286. The van der Waals surface area contributed by atoms with E-state index in [0.717, 1.165) is 22.9 Å². The van der Waals surface area contributed by atoms with Crippen molar-refractivity contribution in [2.75, 3.05) is 11.9 Å². The number of unbranched alkanes of at least 4 members (excludes halogenated alkanes) is 1. The summed E-state index contributed by atoms with van der Waals surface area (Å²) in [4.78, 5) is 35.7. The molecule has 0 fully saturated rings. The fourth-order valence-electron chi connectivity index (χ4n) is 2.37. The molecule has 0 aliphatic rings. The monoisotopic (exact) mass is 461 g/mol. The molecule has 2 aromatic carbocycles. The number of carbonyl (C=O) groups excluding carboxylic acids is 3. The van der Waals surface area contributed by atoms with Gasteiger partial charge < -0.3 is 10.1 Å². The minimum absolute atomic E-state index is 0.0588. The van der Waals surface area contributed by atoms with Crippen LogP contribution in [-0.4, -0.2) is 24.3 Å². The van der Waals surface area contributed by atoms with Crippen LogP contribution in [0.15, 0.2) is 46.9 Å². The van der Waals surface area contributed by atoms with Gasteiger partial charge in [-0.3, -0.25) is 25.2 Å². The molecule has 154 valence electrons. The van der Waals surface area contributed by atoms with E-state index in [1.165, 1.54) is 0 Å². The molecular formula is C21H24BrN3O4. The summed E-state index contributed by atoms with van der Waals surface area (Å²) >= 11 is 3.37. The summed E-state index contributed by atoms with van der Waals surface area (Å²) in [6.45, 7) is 3.72. The molecule has 0 bridgehead atoms. The summed E-state index contributed by atoms with van der Waals surface area (Å²) in [7, 11) is 0. The molecule has 0 aromatic heterocycles. The van der Waals surface area contributed by atoms with Gasteiger partial charge >= 0.3 is 0 Å². The van der Waals surface area contributed by atoms with E-state index in [0.29, 0.717) is 23.4 Å². The van der Waals surface area contributed by atoms with Crippen LogP contribution >= 0.6 is 15.9 Å². The van der Waals surface area contributed by atoms with Crippen LogP contribution in [0.1, 0.15) is 42.1 Å². The van der Waals surface area contributed by atoms with Crippen LogP contribution in [0.4, 0.5) is 5.69 Å². The molecule has 2 rings (SSSR count). The van der Waals surface area contributed by atoms with Crippen LogP contribution in [-0.2, 0) is 9.59 Å². The number of benzene rings is 2. The normalized spacial score (nSPS) is 10.2. The molecule has 0 unspecified atom stereocenters. The first-order valence-electron chi connectivity index (χ1n) is 9.27. The van der Waals surface area contributed by atoms with Crippen molar-refractivity contribution in [3.8, 4) is 5.75 Å². The van der Waals surface area contributed by atoms with Crippen molar-refractivity contribution < 1.29 is 19.1 Å². The Hall–Kier alpha value is -2.87. The first-order chi connectivity index (χ1) is 13.9. The fourth-order valence-corrected chi connectivity index (χ4v) is 2.97. The Morgan fingerprint density at radius 1 is 1.00 bits per heavy atom. The summed E-state index contributed by atoms with van der Waals surface area (Å²) in [5, 5.41) is 2.77. The summed E-state index contributed by atoms with van der Waals surface area (Å²) in [5.74, 6) is -0.491. The van der Waals surface area contributed by atoms with E-state index < -0.39 is 11.8 Å². The van der Waals surface area contributed by atoms with Gasteiger partial charge in [-0.1, -0.05) is 19.4 Å². The summed E-state index contributed by atoms with van der Waals surface area (Å²) < 4.78 is 6.17. The van der Waals surface area contributed by atoms with Gasteiger partial charge in [-0.2, -0.15) is 0 Å². The number of carbonyl (C=O) groups is 3. The average Bonchev–Trinajstić information content (AvgIpc) is 2.70. The summed E-state index contributed by atoms with van der Waals surface area (Å²) in [5.41, 5.74) is 6.66. The molecule has 8 heteroatoms. The zero-order valence-corrected chi connectivity index (χ0v) is 18.0. The highest BCUT2D eigenvalue weighted by molar-refractivity contribution is 9.10. The minimum atomic E-state index is -0.495. The van der Waals surface area contributed by atoms with Gasteiger partial charge in [-0.25, -0.2) is 0 Å². The van der Waals surface area contributed by atoms with Gasteiger partial charge in [0.2, 0.25) is 5.91 Å². The van der Waals surface area contributed by atoms with Gasteiger partial charge in [0.15, 0.2) is 6.61 Å². The molecule has 0 radical (unpaired) electrons. The largest absolute Gasteiger partial charge is 0.483 e. The lowest BCUT2D eigenvalue weighted by Crippen LogP contribution is -2.43. The number of anilines is 1. The molecule has 0 spiro atoms. The second-order valence-electron chi connectivity index (χ2n) is 6.45. The maximum Gasteiger partial charge on any atom is 0.276 e. The Labute approximate surface area is 178 Å². The number of rotatable bonds is 8. The number of hydrogen-bond donors (Lipinski definition) is 3. The van der Waals surface area contributed by atoms with E-state index in [1.807, 2.05) is 26.0 Å². The lowest BCUT2D eigenvalue weighted by molar-refractivity contribution is -0.123. The molecule has 0 saturated heterocycles. The van der Waals surface area contributed by atoms with Gasteiger partial charge in [0, 0.05) is 17.7 Å². The number of nitrogens with one attached hydrogen (secondary N) is 3. The summed E-state index contributed by atoms with van der Waals surface area (Å²) in [6.07, 6.45) is 2.24. The molecular weight excluding hydrogens is 438 g/mol. The molecule has 29 heavy (non-hydrogen) atoms. The van der Waals surface area contributed by atoms with Crippen LogP contribution in [0.2, 0.25) is 0 Å². The molecule has 0 heterocycles. The molecule has 3 N–H and O–H groups in total. The van der Waals surface area contributed by atoms with Crippen molar-refractivity contribution in [1.82, 2.24) is 10.9 Å². The highest BCUT2D eigenvalue weighted by Gasteiger charge is 2.10. The zero-order chi connectivity index (χ0) is 21.2. The Balaban J connectivity index is 1.77. The molecule has 0 saturated carbocycles. The van der Waals surface area contributed by atoms with Crippen LogP contribution in [0.5, 0.6) is 5.75 Å². The van der Waals surface area contributed by atoms with Gasteiger partial charge in [0.05, 0.1) is 4.47 Å². The maximum atomic E-state index is 12.1. The predicted molar refractivity (Wildman–Crippen MR) is 115 cm³/mol. The van der Waals surface area contributed by atoms with Crippen molar-refractivity contribution in [3.63, 3.8) is 0 Å². The third-order valence-electron chi connectivity index (χ3n) is 3.95. The van der Waals surface area contributed by atoms with E-state index in [1.54, 1.807) is 30.3 Å². The zero-order valence-electron chi connectivity index (χ0n) is 16.4. The molecule has 0 aliphatic carbocycles. The number of hydrazine groups is 1. The number of aryl methyl sites for hydroxylation is 1. The van der Waals surface area contributed by atoms with Crippen molar-refractivity contribution in [2.24, 2.45) is 0 Å². The third-order valence-corrected chi connectivity index (χ3v) is 4.57. The Bertz CT molecular complexity index is 869. The van der Waals surface area contributed by atoms with Crippen LogP contribution in [0, 0.1) is 6.92 Å². The predicted octanol–water partition coefficient (Wildman–Crippen LogP) is 3.73. The average molecular weight is 462 g/mol. The van der Waals surface area contributed by atoms with Crippen molar-refractivity contribution in [1.29, 1.82) is 0 Å². The van der Waals surface area contributed by atoms with Crippen molar-refractivity contribution in [2.45, 2.75) is 33.1 Å². The van der Waals surface area contributed by atoms with Gasteiger partial charge in [-0.05, 0) is 71.2 Å². The Morgan fingerprint density at radius 3 is 2.38 bits per heavy atom. The van der Waals surface area contributed by atoms with Crippen LogP contribution in [0.3, 0.4) is 0 Å². The topological polar surface area (TPSA) is 96.5 Å². The number of hydrogen-bond acceptors (Lipinski definition) is 4. The van der Waals surface area contributed by atoms with E-state index >= 15 is 0 Å². The summed E-state index contributed by atoms with van der Waals surface area (Å²) in [6, 6.07) is 11.9. The van der Waals surface area contributed by atoms with Crippen molar-refractivity contribution >= 4 is 39.3 Å². The first kappa shape index (κ1) is 22.4. The Kier molecular flexibility index (Phi) is 8.67.